The predicted octanol–water partition coefficient (Wildman–Crippen LogP) is 5.55. The van der Waals surface area contributed by atoms with Gasteiger partial charge in [0, 0.05) is 30.6 Å². The molecule has 160 valence electrons. The Labute approximate surface area is 177 Å². The van der Waals surface area contributed by atoms with E-state index in [9.17, 15) is 13.2 Å². The van der Waals surface area contributed by atoms with Gasteiger partial charge < -0.3 is 14.6 Å². The van der Waals surface area contributed by atoms with Crippen LogP contribution in [0.25, 0.3) is 27.8 Å². The van der Waals surface area contributed by atoms with E-state index in [1.165, 1.54) is 12.4 Å². The highest BCUT2D eigenvalue weighted by Gasteiger charge is 2.30. The van der Waals surface area contributed by atoms with Crippen LogP contribution in [0.5, 0.6) is 0 Å². The van der Waals surface area contributed by atoms with Crippen LogP contribution in [0.2, 0.25) is 0 Å². The summed E-state index contributed by atoms with van der Waals surface area (Å²) in [6.07, 6.45) is -1.22. The van der Waals surface area contributed by atoms with Gasteiger partial charge in [-0.05, 0) is 30.7 Å². The number of fused-ring (bicyclic) bond motifs is 1. The Hall–Kier alpha value is -3.39. The highest BCUT2D eigenvalue weighted by Crippen LogP contribution is 2.37. The fraction of sp³-hybridized carbons (Fsp3) is 0.217. The minimum Gasteiger partial charge on any atom is -0.383 e. The number of alkyl halides is 3. The average molecular weight is 426 g/mol. The molecule has 0 amide bonds. The lowest BCUT2D eigenvalue weighted by atomic mass is 10.1. The smallest absolute Gasteiger partial charge is 0.383 e. The molecule has 2 aromatic carbocycles. The molecule has 0 unspecified atom stereocenters. The molecule has 1 N–H and O–H groups in total. The summed E-state index contributed by atoms with van der Waals surface area (Å²) >= 11 is 0. The van der Waals surface area contributed by atoms with E-state index >= 15 is 0 Å². The molecule has 31 heavy (non-hydrogen) atoms. The molecule has 0 bridgehead atoms. The summed E-state index contributed by atoms with van der Waals surface area (Å²) in [6, 6.07) is 14.8. The van der Waals surface area contributed by atoms with Crippen molar-refractivity contribution in [2.75, 3.05) is 19.0 Å². The van der Waals surface area contributed by atoms with Crippen molar-refractivity contribution >= 4 is 16.9 Å². The normalized spacial score (nSPS) is 12.8. The van der Waals surface area contributed by atoms with Crippen LogP contribution in [0.15, 0.2) is 67.1 Å². The SMILES string of the molecule is COC[C@@H](C)Nc1ncnc2c1c(-c1ccccc1)cn2-c1cccc(C(F)(F)F)c1. The number of halogens is 3. The maximum Gasteiger partial charge on any atom is 0.416 e. The number of hydrogen-bond donors (Lipinski definition) is 1. The third kappa shape index (κ3) is 4.25. The maximum atomic E-state index is 13.3. The number of methoxy groups -OCH3 is 1. The number of benzene rings is 2. The van der Waals surface area contributed by atoms with Crippen LogP contribution >= 0.6 is 0 Å². The molecule has 4 rings (SSSR count). The van der Waals surface area contributed by atoms with Gasteiger partial charge in [-0.1, -0.05) is 36.4 Å². The van der Waals surface area contributed by atoms with E-state index in [1.54, 1.807) is 23.9 Å². The van der Waals surface area contributed by atoms with E-state index in [2.05, 4.69) is 15.3 Å². The predicted molar refractivity (Wildman–Crippen MR) is 114 cm³/mol. The van der Waals surface area contributed by atoms with Gasteiger partial charge in [-0.15, -0.1) is 0 Å². The Morgan fingerprint density at radius 3 is 2.55 bits per heavy atom. The summed E-state index contributed by atoms with van der Waals surface area (Å²) in [6.45, 7) is 2.43. The number of hydrogen-bond acceptors (Lipinski definition) is 4. The minimum atomic E-state index is -4.43. The van der Waals surface area contributed by atoms with Crippen LogP contribution in [0, 0.1) is 0 Å². The van der Waals surface area contributed by atoms with E-state index in [0.717, 1.165) is 28.6 Å². The fourth-order valence-electron chi connectivity index (χ4n) is 3.56. The zero-order valence-corrected chi connectivity index (χ0v) is 17.0. The third-order valence-corrected chi connectivity index (χ3v) is 4.92. The number of nitrogens with one attached hydrogen (secondary N) is 1. The number of nitrogens with zero attached hydrogens (tertiary/aromatic N) is 3. The molecular formula is C23H21F3N4O. The Kier molecular flexibility index (Phi) is 5.65. The van der Waals surface area contributed by atoms with E-state index in [4.69, 9.17) is 4.74 Å². The number of anilines is 1. The second-order valence-electron chi connectivity index (χ2n) is 7.25. The lowest BCUT2D eigenvalue weighted by Crippen LogP contribution is -2.21. The highest BCUT2D eigenvalue weighted by atomic mass is 19.4. The first kappa shape index (κ1) is 20.9. The Morgan fingerprint density at radius 1 is 1.06 bits per heavy atom. The van der Waals surface area contributed by atoms with Gasteiger partial charge in [0.05, 0.1) is 17.6 Å². The Bertz CT molecular complexity index is 1190. The zero-order valence-electron chi connectivity index (χ0n) is 17.0. The highest BCUT2D eigenvalue weighted by molar-refractivity contribution is 6.02. The summed E-state index contributed by atoms with van der Waals surface area (Å²) < 4.78 is 46.7. The van der Waals surface area contributed by atoms with E-state index < -0.39 is 11.7 Å². The first-order valence-corrected chi connectivity index (χ1v) is 9.73. The topological polar surface area (TPSA) is 52.0 Å². The molecule has 0 saturated heterocycles. The van der Waals surface area contributed by atoms with Gasteiger partial charge in [-0.2, -0.15) is 13.2 Å². The van der Waals surface area contributed by atoms with Gasteiger partial charge in [0.1, 0.15) is 12.1 Å². The quantitative estimate of drug-likeness (QED) is 0.439. The molecule has 2 aromatic heterocycles. The molecule has 1 atom stereocenters. The number of aromatic nitrogens is 3. The lowest BCUT2D eigenvalue weighted by Gasteiger charge is -2.15. The molecule has 2 heterocycles. The van der Waals surface area contributed by atoms with Crippen molar-refractivity contribution in [3.8, 4) is 16.8 Å². The molecule has 8 heteroatoms. The van der Waals surface area contributed by atoms with Crippen molar-refractivity contribution < 1.29 is 17.9 Å². The van der Waals surface area contributed by atoms with Crippen LogP contribution in [0.1, 0.15) is 12.5 Å². The van der Waals surface area contributed by atoms with Crippen molar-refractivity contribution in [3.05, 3.63) is 72.7 Å². The molecule has 0 radical (unpaired) electrons. The lowest BCUT2D eigenvalue weighted by molar-refractivity contribution is -0.137. The van der Waals surface area contributed by atoms with Crippen LogP contribution in [-0.2, 0) is 10.9 Å². The van der Waals surface area contributed by atoms with Gasteiger partial charge in [-0.3, -0.25) is 0 Å². The average Bonchev–Trinajstić information content (AvgIpc) is 3.15. The second-order valence-corrected chi connectivity index (χ2v) is 7.25. The van der Waals surface area contributed by atoms with Crippen molar-refractivity contribution in [1.82, 2.24) is 14.5 Å². The zero-order chi connectivity index (χ0) is 22.0. The molecule has 0 aliphatic heterocycles. The van der Waals surface area contributed by atoms with Crippen molar-refractivity contribution in [2.24, 2.45) is 0 Å². The van der Waals surface area contributed by atoms with Crippen molar-refractivity contribution in [3.63, 3.8) is 0 Å². The standard InChI is InChI=1S/C23H21F3N4O/c1-15(13-31-2)29-21-20-19(16-7-4-3-5-8-16)12-30(22(20)28-14-27-21)18-10-6-9-17(11-18)23(24,25)26/h3-12,14-15H,13H2,1-2H3,(H,27,28,29)/t15-/m1/s1. The van der Waals surface area contributed by atoms with Crippen molar-refractivity contribution in [1.29, 1.82) is 0 Å². The maximum absolute atomic E-state index is 13.3. The summed E-state index contributed by atoms with van der Waals surface area (Å²) in [7, 11) is 1.62. The molecule has 0 fully saturated rings. The second kappa shape index (κ2) is 8.39. The molecule has 5 nitrogen and oxygen atoms in total. The molecule has 0 saturated carbocycles. The third-order valence-electron chi connectivity index (χ3n) is 4.92. The molecule has 0 aliphatic carbocycles. The van der Waals surface area contributed by atoms with Gasteiger partial charge in [-0.25, -0.2) is 9.97 Å². The first-order valence-electron chi connectivity index (χ1n) is 9.73. The molecular weight excluding hydrogens is 405 g/mol. The molecule has 0 aliphatic rings. The van der Waals surface area contributed by atoms with E-state index in [1.807, 2.05) is 37.3 Å². The molecule has 0 spiro atoms. The Balaban J connectivity index is 1.94. The van der Waals surface area contributed by atoms with Gasteiger partial charge >= 0.3 is 6.18 Å². The fourth-order valence-corrected chi connectivity index (χ4v) is 3.56. The number of rotatable bonds is 6. The van der Waals surface area contributed by atoms with Gasteiger partial charge in [0.25, 0.3) is 0 Å². The van der Waals surface area contributed by atoms with Gasteiger partial charge in [0.15, 0.2) is 5.65 Å². The van der Waals surface area contributed by atoms with Crippen LogP contribution in [0.3, 0.4) is 0 Å². The molecule has 4 aromatic rings. The van der Waals surface area contributed by atoms with Crippen LogP contribution in [-0.4, -0.2) is 34.3 Å². The van der Waals surface area contributed by atoms with Crippen LogP contribution in [0.4, 0.5) is 19.0 Å². The summed E-state index contributed by atoms with van der Waals surface area (Å²) in [4.78, 5) is 8.82. The van der Waals surface area contributed by atoms with Crippen LogP contribution < -0.4 is 5.32 Å². The van der Waals surface area contributed by atoms with Crippen molar-refractivity contribution in [2.45, 2.75) is 19.1 Å². The monoisotopic (exact) mass is 426 g/mol. The number of ether oxygens (including phenoxy) is 1. The summed E-state index contributed by atoms with van der Waals surface area (Å²) in [5, 5.41) is 4.06. The summed E-state index contributed by atoms with van der Waals surface area (Å²) in [5.41, 5.74) is 1.90. The van der Waals surface area contributed by atoms with E-state index in [-0.39, 0.29) is 6.04 Å². The minimum absolute atomic E-state index is 0.0244. The first-order chi connectivity index (χ1) is 14.9. The largest absolute Gasteiger partial charge is 0.416 e. The van der Waals surface area contributed by atoms with E-state index in [0.29, 0.717) is 23.8 Å². The Morgan fingerprint density at radius 2 is 1.84 bits per heavy atom. The van der Waals surface area contributed by atoms with Gasteiger partial charge in [0.2, 0.25) is 0 Å². The summed E-state index contributed by atoms with van der Waals surface area (Å²) in [5.74, 6) is 0.596.